The lowest BCUT2D eigenvalue weighted by atomic mass is 9.99. The van der Waals surface area contributed by atoms with Gasteiger partial charge in [0.15, 0.2) is 0 Å². The predicted octanol–water partition coefficient (Wildman–Crippen LogP) is 6.60. The third-order valence-corrected chi connectivity index (χ3v) is 9.13. The molecule has 1 N–H and O–H groups in total. The minimum absolute atomic E-state index is 0.257. The molecule has 1 heterocycles. The van der Waals surface area contributed by atoms with Crippen molar-refractivity contribution in [1.29, 1.82) is 0 Å². The lowest BCUT2D eigenvalue weighted by Gasteiger charge is -2.18. The number of anilines is 2. The van der Waals surface area contributed by atoms with Crippen molar-refractivity contribution >= 4 is 31.5 Å². The van der Waals surface area contributed by atoms with Crippen LogP contribution in [0.2, 0.25) is 25.7 Å². The van der Waals surface area contributed by atoms with Gasteiger partial charge in [-0.25, -0.2) is 9.07 Å². The van der Waals surface area contributed by atoms with E-state index in [0.29, 0.717) is 17.8 Å². The van der Waals surface area contributed by atoms with E-state index in [0.717, 1.165) is 43.2 Å². The molecule has 1 aromatic heterocycles. The molecule has 5 rings (SSSR count). The average Bonchev–Trinajstić information content (AvgIpc) is 3.50. The van der Waals surface area contributed by atoms with E-state index in [1.54, 1.807) is 6.07 Å². The van der Waals surface area contributed by atoms with E-state index in [-0.39, 0.29) is 5.82 Å². The van der Waals surface area contributed by atoms with Crippen LogP contribution in [0.25, 0.3) is 0 Å². The first-order valence-electron chi connectivity index (χ1n) is 12.3. The fourth-order valence-electron chi connectivity index (χ4n) is 4.79. The Morgan fingerprint density at radius 1 is 1.06 bits per heavy atom. The van der Waals surface area contributed by atoms with E-state index in [4.69, 9.17) is 14.8 Å². The molecule has 3 aromatic rings. The molecule has 0 saturated carbocycles. The molecule has 2 aliphatic rings. The SMILES string of the molecule is C[Si](C)(C)CCOCn1nc(Sc2cccc(F)c2)nc1Nc1c2c(cc3c1CCC3)CCC2. The zero-order valence-corrected chi connectivity index (χ0v) is 22.1. The van der Waals surface area contributed by atoms with Crippen LogP contribution in [0.3, 0.4) is 0 Å². The van der Waals surface area contributed by atoms with Gasteiger partial charge in [0.05, 0.1) is 0 Å². The largest absolute Gasteiger partial charge is 0.359 e. The molecule has 2 aromatic carbocycles. The van der Waals surface area contributed by atoms with Crippen molar-refractivity contribution in [3.05, 3.63) is 58.4 Å². The first-order valence-corrected chi connectivity index (χ1v) is 16.8. The smallest absolute Gasteiger partial charge is 0.228 e. The Morgan fingerprint density at radius 2 is 1.79 bits per heavy atom. The number of benzene rings is 2. The fraction of sp³-hybridized carbons (Fsp3) is 0.462. The van der Waals surface area contributed by atoms with E-state index in [2.05, 4.69) is 31.0 Å². The summed E-state index contributed by atoms with van der Waals surface area (Å²) in [6, 6.07) is 10.1. The summed E-state index contributed by atoms with van der Waals surface area (Å²) in [6.45, 7) is 8.12. The van der Waals surface area contributed by atoms with Gasteiger partial charge in [-0.15, -0.1) is 5.10 Å². The number of aromatic nitrogens is 3. The molecule has 5 nitrogen and oxygen atoms in total. The van der Waals surface area contributed by atoms with E-state index < -0.39 is 8.07 Å². The predicted molar refractivity (Wildman–Crippen MR) is 138 cm³/mol. The van der Waals surface area contributed by atoms with E-state index >= 15 is 0 Å². The monoisotopic (exact) mass is 496 g/mol. The Labute approximate surface area is 206 Å². The zero-order chi connectivity index (χ0) is 23.7. The number of halogens is 1. The van der Waals surface area contributed by atoms with Crippen LogP contribution < -0.4 is 5.32 Å². The topological polar surface area (TPSA) is 52.0 Å². The van der Waals surface area contributed by atoms with Crippen molar-refractivity contribution in [3.63, 3.8) is 0 Å². The van der Waals surface area contributed by atoms with E-state index in [9.17, 15) is 4.39 Å². The van der Waals surface area contributed by atoms with Crippen LogP contribution in [0.5, 0.6) is 0 Å². The zero-order valence-electron chi connectivity index (χ0n) is 20.3. The van der Waals surface area contributed by atoms with Crippen molar-refractivity contribution < 1.29 is 9.13 Å². The number of ether oxygens (including phenoxy) is 1. The standard InChI is InChI=1S/C26H33FN4OSSi/c1-34(2,3)14-13-32-17-31-25(29-26(30-31)33-21-10-6-9-20(27)16-21)28-24-22-11-4-7-18(22)15-19-8-5-12-23(19)24/h6,9-10,15-16H,4-5,7-8,11-14,17H2,1-3H3,(H,28,29,30). The van der Waals surface area contributed by atoms with Crippen LogP contribution in [0.1, 0.15) is 35.1 Å². The molecule has 34 heavy (non-hydrogen) atoms. The second-order valence-electron chi connectivity index (χ2n) is 10.5. The Bertz CT molecular complexity index is 1160. The van der Waals surface area contributed by atoms with Crippen molar-refractivity contribution in [2.45, 2.75) is 81.0 Å². The summed E-state index contributed by atoms with van der Waals surface area (Å²) in [4.78, 5) is 5.60. The summed E-state index contributed by atoms with van der Waals surface area (Å²) in [5.74, 6) is 0.439. The van der Waals surface area contributed by atoms with Gasteiger partial charge in [-0.3, -0.25) is 0 Å². The number of nitrogens with one attached hydrogen (secondary N) is 1. The van der Waals surface area contributed by atoms with Gasteiger partial charge >= 0.3 is 0 Å². The van der Waals surface area contributed by atoms with Gasteiger partial charge in [-0.05, 0) is 96.8 Å². The summed E-state index contributed by atoms with van der Waals surface area (Å²) in [5, 5.41) is 8.99. The minimum Gasteiger partial charge on any atom is -0.359 e. The van der Waals surface area contributed by atoms with Crippen molar-refractivity contribution in [1.82, 2.24) is 14.8 Å². The van der Waals surface area contributed by atoms with Crippen LogP contribution in [-0.2, 0) is 37.2 Å². The molecule has 2 aliphatic carbocycles. The summed E-state index contributed by atoms with van der Waals surface area (Å²) in [7, 11) is -1.17. The van der Waals surface area contributed by atoms with Gasteiger partial charge in [-0.2, -0.15) is 4.98 Å². The second kappa shape index (κ2) is 9.83. The molecule has 0 saturated heterocycles. The van der Waals surface area contributed by atoms with Gasteiger partial charge in [0.1, 0.15) is 12.5 Å². The maximum atomic E-state index is 13.7. The molecule has 0 unspecified atom stereocenters. The average molecular weight is 497 g/mol. The fourth-order valence-corrected chi connectivity index (χ4v) is 6.35. The van der Waals surface area contributed by atoms with Crippen LogP contribution in [0.15, 0.2) is 40.4 Å². The second-order valence-corrected chi connectivity index (χ2v) is 17.1. The lowest BCUT2D eigenvalue weighted by Crippen LogP contribution is -2.22. The number of nitrogens with zero attached hydrogens (tertiary/aromatic N) is 3. The summed E-state index contributed by atoms with van der Waals surface area (Å²) in [5.41, 5.74) is 7.08. The Morgan fingerprint density at radius 3 is 2.47 bits per heavy atom. The van der Waals surface area contributed by atoms with Gasteiger partial charge in [-0.1, -0.05) is 31.8 Å². The third-order valence-electron chi connectivity index (χ3n) is 6.58. The van der Waals surface area contributed by atoms with Gasteiger partial charge in [0.25, 0.3) is 0 Å². The van der Waals surface area contributed by atoms with Gasteiger partial charge in [0.2, 0.25) is 11.1 Å². The number of aryl methyl sites for hydroxylation is 2. The molecule has 0 amide bonds. The quantitative estimate of drug-likeness (QED) is 0.267. The Hall–Kier alpha value is -2.16. The highest BCUT2D eigenvalue weighted by Crippen LogP contribution is 2.40. The molecule has 0 fully saturated rings. The Kier molecular flexibility index (Phi) is 6.82. The molecule has 0 atom stereocenters. The first-order chi connectivity index (χ1) is 16.4. The maximum absolute atomic E-state index is 13.7. The number of hydrogen-bond acceptors (Lipinski definition) is 5. The van der Waals surface area contributed by atoms with Crippen LogP contribution in [0.4, 0.5) is 16.0 Å². The van der Waals surface area contributed by atoms with Crippen molar-refractivity contribution in [2.24, 2.45) is 0 Å². The lowest BCUT2D eigenvalue weighted by molar-refractivity contribution is 0.0792. The molecular weight excluding hydrogens is 463 g/mol. The van der Waals surface area contributed by atoms with E-state index in [1.807, 2.05) is 10.7 Å². The number of rotatable bonds is 9. The minimum atomic E-state index is -1.17. The van der Waals surface area contributed by atoms with E-state index in [1.165, 1.54) is 64.7 Å². The highest BCUT2D eigenvalue weighted by molar-refractivity contribution is 7.99. The molecule has 0 bridgehead atoms. The van der Waals surface area contributed by atoms with Crippen molar-refractivity contribution in [3.8, 4) is 0 Å². The van der Waals surface area contributed by atoms with Crippen molar-refractivity contribution in [2.75, 3.05) is 11.9 Å². The molecule has 0 spiro atoms. The van der Waals surface area contributed by atoms with Gasteiger partial charge in [0, 0.05) is 25.3 Å². The maximum Gasteiger partial charge on any atom is 0.228 e. The summed E-state index contributed by atoms with van der Waals surface area (Å²) < 4.78 is 21.6. The van der Waals surface area contributed by atoms with Gasteiger partial charge < -0.3 is 10.1 Å². The summed E-state index contributed by atoms with van der Waals surface area (Å²) in [6.07, 6.45) is 6.95. The molecule has 180 valence electrons. The molecular formula is C26H33FN4OSSi. The summed E-state index contributed by atoms with van der Waals surface area (Å²) >= 11 is 1.37. The van der Waals surface area contributed by atoms with Crippen LogP contribution >= 0.6 is 11.8 Å². The van der Waals surface area contributed by atoms with Crippen LogP contribution in [-0.4, -0.2) is 29.4 Å². The Balaban J connectivity index is 1.43. The normalized spacial score (nSPS) is 14.9. The third kappa shape index (κ3) is 5.39. The number of fused-ring (bicyclic) bond motifs is 2. The molecule has 0 radical (unpaired) electrons. The first kappa shape index (κ1) is 23.6. The van der Waals surface area contributed by atoms with Crippen LogP contribution in [0, 0.1) is 5.82 Å². The molecule has 8 heteroatoms. The molecule has 0 aliphatic heterocycles. The number of hydrogen-bond donors (Lipinski definition) is 1. The highest BCUT2D eigenvalue weighted by atomic mass is 32.2. The highest BCUT2D eigenvalue weighted by Gasteiger charge is 2.25.